The van der Waals surface area contributed by atoms with Crippen LogP contribution in [0.3, 0.4) is 0 Å². The number of carboxylic acids is 1. The summed E-state index contributed by atoms with van der Waals surface area (Å²) in [5.41, 5.74) is -0.139. The van der Waals surface area contributed by atoms with Crippen LogP contribution < -0.4 is 20.9 Å². The van der Waals surface area contributed by atoms with Gasteiger partial charge in [0.15, 0.2) is 0 Å². The molecule has 6 aromatic rings. The molecule has 6 rings (SSSR count). The second-order valence-electron chi connectivity index (χ2n) is 12.0. The summed E-state index contributed by atoms with van der Waals surface area (Å²) >= 11 is 1.37. The number of aromatic amines is 1. The Morgan fingerprint density at radius 2 is 1.73 bits per heavy atom. The Morgan fingerprint density at radius 3 is 2.48 bits per heavy atom. The number of hydrogen-bond donors (Lipinski definition) is 7. The number of thiophene rings is 1. The summed E-state index contributed by atoms with van der Waals surface area (Å²) in [4.78, 5) is 40.6. The van der Waals surface area contributed by atoms with E-state index in [9.17, 15) is 34.8 Å². The number of phenolic OH excluding ortho intramolecular Hbond substituents is 1. The number of halogens is 1. The topological polar surface area (TPSA) is 181 Å². The average Bonchev–Trinajstić information content (AvgIpc) is 3.62. The number of fused-ring (bicyclic) bond motifs is 1. The van der Waals surface area contributed by atoms with Gasteiger partial charge in [0.25, 0.3) is 5.91 Å². The summed E-state index contributed by atoms with van der Waals surface area (Å²) in [5, 5.41) is 50.5. The van der Waals surface area contributed by atoms with Crippen LogP contribution in [0, 0.1) is 5.82 Å². The van der Waals surface area contributed by atoms with Crippen LogP contribution in [-0.4, -0.2) is 50.9 Å². The van der Waals surface area contributed by atoms with Crippen molar-refractivity contribution in [2.24, 2.45) is 0 Å². The van der Waals surface area contributed by atoms with Crippen LogP contribution in [0.15, 0.2) is 107 Å². The first-order valence-electron chi connectivity index (χ1n) is 16.1. The number of aliphatic hydroxyl groups is 2. The summed E-state index contributed by atoms with van der Waals surface area (Å²) in [7, 11) is 1.32. The number of phenols is 1. The van der Waals surface area contributed by atoms with Crippen molar-refractivity contribution in [1.82, 2.24) is 15.6 Å². The summed E-state index contributed by atoms with van der Waals surface area (Å²) in [6.07, 6.45) is -1.03. The third-order valence-corrected chi connectivity index (χ3v) is 9.73. The standard InChI is InChI=1S/C39H34FN3O8S/c1-51-32-17-22(19-41-21-31(45)27-10-12-30(44)35-28(27)11-13-33(46)43-35)16-29(40)34(32)37(47)42-20-24-14-15-52-36(24)23-6-5-9-26(18-23)39(50,38(48)49)25-7-3-2-4-8-25/h2-18,31,41,44-45,50H,19-21H2,1H3,(H,42,47)(H,43,46)(H,48,49)/t31-,39-/m0/s1. The van der Waals surface area contributed by atoms with Crippen molar-refractivity contribution in [1.29, 1.82) is 0 Å². The van der Waals surface area contributed by atoms with Crippen LogP contribution >= 0.6 is 11.3 Å². The highest BCUT2D eigenvalue weighted by Crippen LogP contribution is 2.36. The van der Waals surface area contributed by atoms with Crippen molar-refractivity contribution in [3.05, 3.63) is 152 Å². The van der Waals surface area contributed by atoms with Gasteiger partial charge in [-0.15, -0.1) is 11.3 Å². The molecule has 0 aliphatic carbocycles. The summed E-state index contributed by atoms with van der Waals surface area (Å²) in [6, 6.07) is 24.9. The molecule has 11 nitrogen and oxygen atoms in total. The quantitative estimate of drug-likeness (QED) is 0.0845. The van der Waals surface area contributed by atoms with Gasteiger partial charge in [-0.1, -0.05) is 54.6 Å². The van der Waals surface area contributed by atoms with Gasteiger partial charge in [-0.05, 0) is 69.6 Å². The first kappa shape index (κ1) is 35.9. The number of aromatic nitrogens is 1. The highest BCUT2D eigenvalue weighted by atomic mass is 32.1. The summed E-state index contributed by atoms with van der Waals surface area (Å²) < 4.78 is 20.9. The molecule has 13 heteroatoms. The fraction of sp³-hybridized carbons (Fsp3) is 0.154. The van der Waals surface area contributed by atoms with Crippen LogP contribution in [0.5, 0.6) is 11.5 Å². The maximum absolute atomic E-state index is 15.5. The number of aliphatic carboxylic acids is 1. The molecule has 266 valence electrons. The van der Waals surface area contributed by atoms with Crippen LogP contribution in [-0.2, 0) is 23.5 Å². The van der Waals surface area contributed by atoms with Crippen molar-refractivity contribution in [3.63, 3.8) is 0 Å². The number of benzene rings is 4. The van der Waals surface area contributed by atoms with Gasteiger partial charge >= 0.3 is 5.97 Å². The van der Waals surface area contributed by atoms with Crippen molar-refractivity contribution < 1.29 is 39.1 Å². The van der Waals surface area contributed by atoms with Crippen molar-refractivity contribution >= 4 is 34.1 Å². The van der Waals surface area contributed by atoms with Crippen LogP contribution in [0.25, 0.3) is 21.3 Å². The normalized spacial score (nSPS) is 13.0. The second kappa shape index (κ2) is 15.2. The fourth-order valence-corrected chi connectivity index (χ4v) is 7.02. The minimum atomic E-state index is -2.29. The monoisotopic (exact) mass is 723 g/mol. The second-order valence-corrected chi connectivity index (χ2v) is 12.9. The first-order chi connectivity index (χ1) is 25.0. The molecule has 0 unspecified atom stereocenters. The van der Waals surface area contributed by atoms with Gasteiger partial charge in [-0.3, -0.25) is 9.59 Å². The molecule has 4 aromatic carbocycles. The van der Waals surface area contributed by atoms with Crippen molar-refractivity contribution in [2.45, 2.75) is 24.8 Å². The number of hydrogen-bond acceptors (Lipinski definition) is 9. The summed E-state index contributed by atoms with van der Waals surface area (Å²) in [6.45, 7) is 0.198. The molecule has 7 N–H and O–H groups in total. The van der Waals surface area contributed by atoms with Crippen molar-refractivity contribution in [2.75, 3.05) is 13.7 Å². The van der Waals surface area contributed by atoms with Gasteiger partial charge in [-0.2, -0.15) is 0 Å². The number of H-pyrrole nitrogens is 1. The van der Waals surface area contributed by atoms with E-state index in [4.69, 9.17) is 4.74 Å². The zero-order valence-electron chi connectivity index (χ0n) is 27.7. The minimum Gasteiger partial charge on any atom is -0.506 e. The predicted molar refractivity (Wildman–Crippen MR) is 194 cm³/mol. The molecule has 2 heterocycles. The molecule has 0 saturated heterocycles. The lowest BCUT2D eigenvalue weighted by Gasteiger charge is -2.25. The molecule has 0 bridgehead atoms. The van der Waals surface area contributed by atoms with Crippen molar-refractivity contribution in [3.8, 4) is 21.9 Å². The molecule has 0 radical (unpaired) electrons. The molecule has 52 heavy (non-hydrogen) atoms. The molecule has 0 fully saturated rings. The van der Waals surface area contributed by atoms with Gasteiger partial charge in [0.2, 0.25) is 11.2 Å². The largest absolute Gasteiger partial charge is 0.506 e. The Kier molecular flexibility index (Phi) is 10.5. The molecular formula is C39H34FN3O8S. The third kappa shape index (κ3) is 7.16. The number of aromatic hydroxyl groups is 1. The van der Waals surface area contributed by atoms with E-state index in [2.05, 4.69) is 15.6 Å². The Labute approximate surface area is 300 Å². The van der Waals surface area contributed by atoms with E-state index in [1.54, 1.807) is 60.7 Å². The zero-order valence-corrected chi connectivity index (χ0v) is 28.5. The maximum Gasteiger partial charge on any atom is 0.345 e. The van der Waals surface area contributed by atoms with Crippen LogP contribution in [0.4, 0.5) is 4.39 Å². The van der Waals surface area contributed by atoms with E-state index < -0.39 is 35.0 Å². The zero-order chi connectivity index (χ0) is 37.0. The highest BCUT2D eigenvalue weighted by Gasteiger charge is 2.40. The highest BCUT2D eigenvalue weighted by molar-refractivity contribution is 7.13. The number of rotatable bonds is 13. The number of aliphatic hydroxyl groups excluding tert-OH is 1. The lowest BCUT2D eigenvalue weighted by atomic mass is 9.85. The van der Waals surface area contributed by atoms with Gasteiger partial charge in [0, 0.05) is 41.5 Å². The number of ether oxygens (including phenoxy) is 1. The van der Waals surface area contributed by atoms with E-state index in [1.165, 1.54) is 54.8 Å². The number of carbonyl (C=O) groups excluding carboxylic acids is 1. The number of pyridine rings is 1. The van der Waals surface area contributed by atoms with E-state index in [0.29, 0.717) is 27.6 Å². The number of nitrogens with one attached hydrogen (secondary N) is 3. The molecule has 2 atom stereocenters. The predicted octanol–water partition coefficient (Wildman–Crippen LogP) is 5.18. The summed E-state index contributed by atoms with van der Waals surface area (Å²) in [5.74, 6) is -3.06. The van der Waals surface area contributed by atoms with Gasteiger partial charge in [0.05, 0.1) is 18.7 Å². The van der Waals surface area contributed by atoms with Crippen LogP contribution in [0.1, 0.15) is 44.3 Å². The molecule has 0 aliphatic heterocycles. The first-order valence-corrected chi connectivity index (χ1v) is 17.0. The molecule has 2 aromatic heterocycles. The lowest BCUT2D eigenvalue weighted by Crippen LogP contribution is -2.36. The minimum absolute atomic E-state index is 0.00967. The van der Waals surface area contributed by atoms with E-state index in [1.807, 2.05) is 5.38 Å². The Balaban J connectivity index is 1.14. The third-order valence-electron chi connectivity index (χ3n) is 8.72. The molecular weight excluding hydrogens is 690 g/mol. The smallest absolute Gasteiger partial charge is 0.345 e. The Morgan fingerprint density at radius 1 is 0.962 bits per heavy atom. The molecule has 0 spiro atoms. The average molecular weight is 724 g/mol. The SMILES string of the molecule is COc1cc(CNC[C@H](O)c2ccc(O)c3[nH]c(=O)ccc23)cc(F)c1C(=O)NCc1ccsc1-c1cccc([C@](O)(C(=O)O)c2ccccc2)c1. The van der Waals surface area contributed by atoms with Gasteiger partial charge in [0.1, 0.15) is 22.9 Å². The molecule has 1 amide bonds. The van der Waals surface area contributed by atoms with Gasteiger partial charge in [-0.25, -0.2) is 9.18 Å². The number of methoxy groups -OCH3 is 1. The van der Waals surface area contributed by atoms with Gasteiger partial charge < -0.3 is 40.8 Å². The fourth-order valence-electron chi connectivity index (χ4n) is 6.10. The maximum atomic E-state index is 15.5. The van der Waals surface area contributed by atoms with E-state index >= 15 is 4.39 Å². The number of carbonyl (C=O) groups is 2. The number of amides is 1. The Hall–Kier alpha value is -5.86. The van der Waals surface area contributed by atoms with E-state index in [-0.39, 0.29) is 53.3 Å². The van der Waals surface area contributed by atoms with Crippen LogP contribution in [0.2, 0.25) is 0 Å². The van der Waals surface area contributed by atoms with E-state index in [0.717, 1.165) is 4.88 Å². The lowest BCUT2D eigenvalue weighted by molar-refractivity contribution is -0.155. The Bertz CT molecular complexity index is 2330. The molecule has 0 saturated carbocycles. The molecule has 0 aliphatic rings. The number of carboxylic acid groups (broad SMARTS) is 1.